The van der Waals surface area contributed by atoms with Gasteiger partial charge in [-0.2, -0.15) is 8.42 Å². The summed E-state index contributed by atoms with van der Waals surface area (Å²) in [5, 5.41) is 0. The van der Waals surface area contributed by atoms with Gasteiger partial charge in [0.2, 0.25) is 0 Å². The van der Waals surface area contributed by atoms with Crippen molar-refractivity contribution < 1.29 is 17.3 Å². The highest BCUT2D eigenvalue weighted by Gasteiger charge is 2.18. The molecule has 0 aliphatic carbocycles. The van der Waals surface area contributed by atoms with E-state index in [-0.39, 0.29) is 10.6 Å². The molecule has 20 heavy (non-hydrogen) atoms. The highest BCUT2D eigenvalue weighted by atomic mass is 79.9. The first kappa shape index (κ1) is 14.9. The van der Waals surface area contributed by atoms with Crippen LogP contribution in [0.2, 0.25) is 0 Å². The standard InChI is InChI=1S/C14H13BrO4S/c1-10-3-6-12(7-4-10)20(16,17)19-14-9-11(18-2)5-8-13(14)15/h3-9H,1-2H3. The van der Waals surface area contributed by atoms with Crippen molar-refractivity contribution in [1.29, 1.82) is 0 Å². The van der Waals surface area contributed by atoms with Crippen LogP contribution in [-0.4, -0.2) is 15.5 Å². The second-order valence-electron chi connectivity index (χ2n) is 4.15. The van der Waals surface area contributed by atoms with Crippen molar-refractivity contribution in [3.63, 3.8) is 0 Å². The largest absolute Gasteiger partial charge is 0.497 e. The fourth-order valence-electron chi connectivity index (χ4n) is 1.55. The first-order valence-corrected chi connectivity index (χ1v) is 7.97. The summed E-state index contributed by atoms with van der Waals surface area (Å²) < 4.78 is 35.1. The predicted molar refractivity (Wildman–Crippen MR) is 79.7 cm³/mol. The molecule has 0 atom stereocenters. The molecule has 6 heteroatoms. The minimum atomic E-state index is -3.86. The molecule has 0 radical (unpaired) electrons. The van der Waals surface area contributed by atoms with Gasteiger partial charge in [-0.1, -0.05) is 17.7 Å². The Hall–Kier alpha value is -1.53. The van der Waals surface area contributed by atoms with Crippen molar-refractivity contribution in [2.45, 2.75) is 11.8 Å². The summed E-state index contributed by atoms with van der Waals surface area (Å²) in [7, 11) is -2.36. The minimum Gasteiger partial charge on any atom is -0.497 e. The van der Waals surface area contributed by atoms with E-state index in [1.807, 2.05) is 6.92 Å². The molecular weight excluding hydrogens is 344 g/mol. The molecule has 0 N–H and O–H groups in total. The summed E-state index contributed by atoms with van der Waals surface area (Å²) in [6.45, 7) is 1.88. The lowest BCUT2D eigenvalue weighted by molar-refractivity contribution is 0.411. The van der Waals surface area contributed by atoms with Crippen LogP contribution in [0.15, 0.2) is 51.8 Å². The van der Waals surface area contributed by atoms with E-state index in [9.17, 15) is 8.42 Å². The average Bonchev–Trinajstić information content (AvgIpc) is 2.41. The third-order valence-corrected chi connectivity index (χ3v) is 4.55. The van der Waals surface area contributed by atoms with Crippen molar-refractivity contribution in [1.82, 2.24) is 0 Å². The van der Waals surface area contributed by atoms with E-state index in [0.717, 1.165) is 5.56 Å². The van der Waals surface area contributed by atoms with Gasteiger partial charge in [0.25, 0.3) is 0 Å². The van der Waals surface area contributed by atoms with E-state index >= 15 is 0 Å². The molecule has 0 saturated heterocycles. The number of hydrogen-bond donors (Lipinski definition) is 0. The van der Waals surface area contributed by atoms with Crippen LogP contribution in [0, 0.1) is 6.92 Å². The van der Waals surface area contributed by atoms with Crippen LogP contribution in [0.3, 0.4) is 0 Å². The molecule has 106 valence electrons. The molecule has 2 aromatic carbocycles. The summed E-state index contributed by atoms with van der Waals surface area (Å²) >= 11 is 3.25. The van der Waals surface area contributed by atoms with Gasteiger partial charge in [-0.25, -0.2) is 0 Å². The smallest absolute Gasteiger partial charge is 0.339 e. The Morgan fingerprint density at radius 3 is 2.30 bits per heavy atom. The Labute approximate surface area is 126 Å². The second kappa shape index (κ2) is 5.85. The maximum Gasteiger partial charge on any atom is 0.339 e. The van der Waals surface area contributed by atoms with Crippen LogP contribution in [-0.2, 0) is 10.1 Å². The molecule has 2 aromatic rings. The molecule has 0 unspecified atom stereocenters. The van der Waals surface area contributed by atoms with Gasteiger partial charge in [0, 0.05) is 6.07 Å². The van der Waals surface area contributed by atoms with Crippen LogP contribution >= 0.6 is 15.9 Å². The molecule has 0 spiro atoms. The zero-order chi connectivity index (χ0) is 14.8. The average molecular weight is 357 g/mol. The number of benzene rings is 2. The quantitative estimate of drug-likeness (QED) is 0.786. The van der Waals surface area contributed by atoms with Crippen molar-refractivity contribution in [2.24, 2.45) is 0 Å². The lowest BCUT2D eigenvalue weighted by atomic mass is 10.2. The number of halogens is 1. The minimum absolute atomic E-state index is 0.109. The molecule has 0 aromatic heterocycles. The van der Waals surface area contributed by atoms with Crippen LogP contribution in [0.5, 0.6) is 11.5 Å². The highest BCUT2D eigenvalue weighted by Crippen LogP contribution is 2.31. The van der Waals surface area contributed by atoms with Crippen molar-refractivity contribution in [3.05, 3.63) is 52.5 Å². The molecule has 0 aliphatic heterocycles. The first-order chi connectivity index (χ1) is 9.42. The van der Waals surface area contributed by atoms with E-state index in [4.69, 9.17) is 8.92 Å². The zero-order valence-corrected chi connectivity index (χ0v) is 13.4. The van der Waals surface area contributed by atoms with E-state index in [1.54, 1.807) is 24.3 Å². The predicted octanol–water partition coefficient (Wildman–Crippen LogP) is 3.53. The SMILES string of the molecule is COc1ccc(Br)c(OS(=O)(=O)c2ccc(C)cc2)c1. The Morgan fingerprint density at radius 2 is 1.70 bits per heavy atom. The van der Waals surface area contributed by atoms with Gasteiger partial charge in [0.15, 0.2) is 5.75 Å². The third kappa shape index (κ3) is 3.32. The maximum atomic E-state index is 12.2. The van der Waals surface area contributed by atoms with Crippen LogP contribution in [0.1, 0.15) is 5.56 Å². The number of ether oxygens (including phenoxy) is 1. The lowest BCUT2D eigenvalue weighted by Gasteiger charge is -2.10. The molecule has 0 fully saturated rings. The van der Waals surface area contributed by atoms with Crippen LogP contribution in [0.4, 0.5) is 0 Å². The van der Waals surface area contributed by atoms with E-state index in [0.29, 0.717) is 10.2 Å². The first-order valence-electron chi connectivity index (χ1n) is 5.77. The summed E-state index contributed by atoms with van der Waals surface area (Å²) in [4.78, 5) is 0.109. The van der Waals surface area contributed by atoms with Crippen molar-refractivity contribution >= 4 is 26.0 Å². The second-order valence-corrected chi connectivity index (χ2v) is 6.55. The fourth-order valence-corrected chi connectivity index (χ4v) is 2.92. The van der Waals surface area contributed by atoms with Gasteiger partial charge >= 0.3 is 10.1 Å². The topological polar surface area (TPSA) is 52.6 Å². The number of rotatable bonds is 4. The Bertz CT molecular complexity index is 708. The summed E-state index contributed by atoms with van der Waals surface area (Å²) in [5.74, 6) is 0.701. The summed E-state index contributed by atoms with van der Waals surface area (Å²) in [5.41, 5.74) is 0.978. The van der Waals surface area contributed by atoms with Crippen molar-refractivity contribution in [2.75, 3.05) is 7.11 Å². The van der Waals surface area contributed by atoms with Crippen molar-refractivity contribution in [3.8, 4) is 11.5 Å². The Balaban J connectivity index is 2.35. The number of hydrogen-bond acceptors (Lipinski definition) is 4. The van der Waals surface area contributed by atoms with Gasteiger partial charge in [-0.3, -0.25) is 0 Å². The molecular formula is C14H13BrO4S. The van der Waals surface area contributed by atoms with Gasteiger partial charge in [-0.05, 0) is 47.1 Å². The summed E-state index contributed by atoms with van der Waals surface area (Å²) in [6.07, 6.45) is 0. The normalized spacial score (nSPS) is 11.2. The fraction of sp³-hybridized carbons (Fsp3) is 0.143. The molecule has 2 rings (SSSR count). The monoisotopic (exact) mass is 356 g/mol. The number of methoxy groups -OCH3 is 1. The molecule has 0 amide bonds. The van der Waals surface area contributed by atoms with Gasteiger partial charge in [0.1, 0.15) is 10.6 Å². The van der Waals surface area contributed by atoms with Gasteiger partial charge < -0.3 is 8.92 Å². The van der Waals surface area contributed by atoms with E-state index in [2.05, 4.69) is 15.9 Å². The highest BCUT2D eigenvalue weighted by molar-refractivity contribution is 9.10. The summed E-state index contributed by atoms with van der Waals surface area (Å²) in [6, 6.07) is 11.3. The Morgan fingerprint density at radius 1 is 1.05 bits per heavy atom. The van der Waals surface area contributed by atoms with E-state index in [1.165, 1.54) is 25.3 Å². The van der Waals surface area contributed by atoms with Gasteiger partial charge in [-0.15, -0.1) is 0 Å². The van der Waals surface area contributed by atoms with Crippen LogP contribution < -0.4 is 8.92 Å². The molecule has 4 nitrogen and oxygen atoms in total. The maximum absolute atomic E-state index is 12.2. The molecule has 0 heterocycles. The molecule has 0 saturated carbocycles. The zero-order valence-electron chi connectivity index (χ0n) is 11.0. The number of aryl methyl sites for hydroxylation is 1. The lowest BCUT2D eigenvalue weighted by Crippen LogP contribution is -2.10. The third-order valence-electron chi connectivity index (χ3n) is 2.65. The van der Waals surface area contributed by atoms with Gasteiger partial charge in [0.05, 0.1) is 11.6 Å². The molecule has 0 aliphatic rings. The molecule has 0 bridgehead atoms. The van der Waals surface area contributed by atoms with Crippen LogP contribution in [0.25, 0.3) is 0 Å². The van der Waals surface area contributed by atoms with E-state index < -0.39 is 10.1 Å². The Kier molecular flexibility index (Phi) is 4.35.